The second-order valence-electron chi connectivity index (χ2n) is 4.62. The molecule has 4 heteroatoms. The molecule has 96 valence electrons. The Bertz CT molecular complexity index is 436. The quantitative estimate of drug-likeness (QED) is 0.839. The Morgan fingerprint density at radius 1 is 1.39 bits per heavy atom. The zero-order chi connectivity index (χ0) is 13.0. The van der Waals surface area contributed by atoms with Gasteiger partial charge < -0.3 is 10.4 Å². The normalized spacial score (nSPS) is 22.8. The fraction of sp³-hybridized carbons (Fsp3) is 0.357. The van der Waals surface area contributed by atoms with Gasteiger partial charge >= 0.3 is 0 Å². The Hall–Kier alpha value is -1.13. The standard InChI is InChI=1S/C14H16BrNO2/c15-12-4-1-10(2-5-12)3-6-14(18)16-9-11-7-13(17)8-11/h1-6,11,13,17H,7-9H2,(H,16,18). The number of rotatable bonds is 4. The zero-order valence-corrected chi connectivity index (χ0v) is 11.6. The highest BCUT2D eigenvalue weighted by atomic mass is 79.9. The molecule has 0 spiro atoms. The van der Waals surface area contributed by atoms with Crippen molar-refractivity contribution >= 4 is 27.9 Å². The molecule has 0 radical (unpaired) electrons. The van der Waals surface area contributed by atoms with Gasteiger partial charge in [-0.3, -0.25) is 4.79 Å². The molecule has 0 saturated heterocycles. The Balaban J connectivity index is 1.74. The first kappa shape index (κ1) is 13.3. The minimum absolute atomic E-state index is 0.0840. The molecule has 1 aliphatic rings. The molecule has 0 heterocycles. The predicted molar refractivity (Wildman–Crippen MR) is 74.9 cm³/mol. The second-order valence-corrected chi connectivity index (χ2v) is 5.54. The number of hydrogen-bond acceptors (Lipinski definition) is 2. The molecule has 0 aliphatic heterocycles. The van der Waals surface area contributed by atoms with E-state index in [-0.39, 0.29) is 12.0 Å². The average molecular weight is 310 g/mol. The van der Waals surface area contributed by atoms with Gasteiger partial charge in [0.05, 0.1) is 6.10 Å². The number of halogens is 1. The highest BCUT2D eigenvalue weighted by Gasteiger charge is 2.26. The molecule has 1 fully saturated rings. The molecule has 0 aromatic heterocycles. The van der Waals surface area contributed by atoms with Crippen molar-refractivity contribution in [2.45, 2.75) is 18.9 Å². The molecule has 1 aliphatic carbocycles. The lowest BCUT2D eigenvalue weighted by molar-refractivity contribution is -0.117. The first-order valence-electron chi connectivity index (χ1n) is 6.03. The molecule has 0 unspecified atom stereocenters. The third-order valence-electron chi connectivity index (χ3n) is 3.07. The second kappa shape index (κ2) is 6.16. The molecule has 2 rings (SSSR count). The maximum Gasteiger partial charge on any atom is 0.244 e. The molecular weight excluding hydrogens is 294 g/mol. The minimum Gasteiger partial charge on any atom is -0.393 e. The van der Waals surface area contributed by atoms with Gasteiger partial charge in [-0.25, -0.2) is 0 Å². The SMILES string of the molecule is O=C(C=Cc1ccc(Br)cc1)NCC1CC(O)C1. The van der Waals surface area contributed by atoms with E-state index in [1.807, 2.05) is 24.3 Å². The van der Waals surface area contributed by atoms with Crippen LogP contribution in [0.3, 0.4) is 0 Å². The summed E-state index contributed by atoms with van der Waals surface area (Å²) in [6.45, 7) is 0.653. The zero-order valence-electron chi connectivity index (χ0n) is 9.97. The highest BCUT2D eigenvalue weighted by Crippen LogP contribution is 2.25. The number of benzene rings is 1. The summed E-state index contributed by atoms with van der Waals surface area (Å²) in [7, 11) is 0. The van der Waals surface area contributed by atoms with Gasteiger partial charge in [0.2, 0.25) is 5.91 Å². The van der Waals surface area contributed by atoms with Crippen LogP contribution in [0.15, 0.2) is 34.8 Å². The van der Waals surface area contributed by atoms with Crippen LogP contribution in [0.2, 0.25) is 0 Å². The summed E-state index contributed by atoms with van der Waals surface area (Å²) in [6, 6.07) is 7.76. The van der Waals surface area contributed by atoms with Gasteiger partial charge in [0.1, 0.15) is 0 Å². The Morgan fingerprint density at radius 3 is 2.67 bits per heavy atom. The summed E-state index contributed by atoms with van der Waals surface area (Å²) in [5, 5.41) is 12.0. The van der Waals surface area contributed by atoms with E-state index in [0.717, 1.165) is 22.9 Å². The number of nitrogens with one attached hydrogen (secondary N) is 1. The van der Waals surface area contributed by atoms with Crippen molar-refractivity contribution in [1.82, 2.24) is 5.32 Å². The number of aliphatic hydroxyl groups excluding tert-OH is 1. The van der Waals surface area contributed by atoms with E-state index < -0.39 is 0 Å². The summed E-state index contributed by atoms with van der Waals surface area (Å²) >= 11 is 3.36. The van der Waals surface area contributed by atoms with E-state index in [4.69, 9.17) is 5.11 Å². The lowest BCUT2D eigenvalue weighted by Gasteiger charge is -2.31. The van der Waals surface area contributed by atoms with Crippen LogP contribution < -0.4 is 5.32 Å². The maximum atomic E-state index is 11.5. The molecular formula is C14H16BrNO2. The van der Waals surface area contributed by atoms with E-state index in [1.165, 1.54) is 0 Å². The predicted octanol–water partition coefficient (Wildman–Crippen LogP) is 2.35. The van der Waals surface area contributed by atoms with Gasteiger partial charge in [0.15, 0.2) is 0 Å². The van der Waals surface area contributed by atoms with Crippen molar-refractivity contribution in [2.24, 2.45) is 5.92 Å². The lowest BCUT2D eigenvalue weighted by Crippen LogP contribution is -2.37. The van der Waals surface area contributed by atoms with Crippen molar-refractivity contribution in [1.29, 1.82) is 0 Å². The molecule has 18 heavy (non-hydrogen) atoms. The molecule has 1 saturated carbocycles. The summed E-state index contributed by atoms with van der Waals surface area (Å²) in [6.07, 6.45) is 4.77. The first-order valence-corrected chi connectivity index (χ1v) is 6.82. The van der Waals surface area contributed by atoms with Crippen molar-refractivity contribution in [2.75, 3.05) is 6.54 Å². The summed E-state index contributed by atoms with van der Waals surface area (Å²) in [5.74, 6) is 0.351. The van der Waals surface area contributed by atoms with Crippen molar-refractivity contribution < 1.29 is 9.90 Å². The van der Waals surface area contributed by atoms with Crippen molar-refractivity contribution in [3.8, 4) is 0 Å². The maximum absolute atomic E-state index is 11.5. The number of carbonyl (C=O) groups excluding carboxylic acids is 1. The number of amides is 1. The average Bonchev–Trinajstić information content (AvgIpc) is 2.32. The molecule has 0 bridgehead atoms. The molecule has 1 aromatic carbocycles. The first-order chi connectivity index (χ1) is 8.63. The Kier molecular flexibility index (Phi) is 4.55. The fourth-order valence-electron chi connectivity index (χ4n) is 1.92. The Morgan fingerprint density at radius 2 is 2.06 bits per heavy atom. The van der Waals surface area contributed by atoms with Crippen LogP contribution in [-0.4, -0.2) is 23.7 Å². The van der Waals surface area contributed by atoms with Crippen LogP contribution in [-0.2, 0) is 4.79 Å². The third-order valence-corrected chi connectivity index (χ3v) is 3.60. The van der Waals surface area contributed by atoms with E-state index in [2.05, 4.69) is 21.2 Å². The number of carbonyl (C=O) groups is 1. The van der Waals surface area contributed by atoms with E-state index in [1.54, 1.807) is 12.2 Å². The van der Waals surface area contributed by atoms with Gasteiger partial charge in [-0.15, -0.1) is 0 Å². The number of aliphatic hydroxyl groups is 1. The van der Waals surface area contributed by atoms with Crippen LogP contribution in [0, 0.1) is 5.92 Å². The monoisotopic (exact) mass is 309 g/mol. The molecule has 1 aromatic rings. The van der Waals surface area contributed by atoms with E-state index in [9.17, 15) is 4.79 Å². The van der Waals surface area contributed by atoms with Crippen LogP contribution in [0.25, 0.3) is 6.08 Å². The van der Waals surface area contributed by atoms with Crippen LogP contribution >= 0.6 is 15.9 Å². The van der Waals surface area contributed by atoms with E-state index in [0.29, 0.717) is 12.5 Å². The largest absolute Gasteiger partial charge is 0.393 e. The van der Waals surface area contributed by atoms with Crippen LogP contribution in [0.1, 0.15) is 18.4 Å². The minimum atomic E-state index is -0.162. The summed E-state index contributed by atoms with van der Waals surface area (Å²) in [4.78, 5) is 11.5. The van der Waals surface area contributed by atoms with Gasteiger partial charge in [0, 0.05) is 17.1 Å². The van der Waals surface area contributed by atoms with Crippen molar-refractivity contribution in [3.05, 3.63) is 40.4 Å². The third kappa shape index (κ3) is 3.96. The van der Waals surface area contributed by atoms with E-state index >= 15 is 0 Å². The number of hydrogen-bond donors (Lipinski definition) is 2. The molecule has 1 amide bonds. The summed E-state index contributed by atoms with van der Waals surface area (Å²) in [5.41, 5.74) is 0.993. The molecule has 3 nitrogen and oxygen atoms in total. The van der Waals surface area contributed by atoms with Gasteiger partial charge in [-0.05, 0) is 42.5 Å². The van der Waals surface area contributed by atoms with Crippen molar-refractivity contribution in [3.63, 3.8) is 0 Å². The van der Waals surface area contributed by atoms with Gasteiger partial charge in [-0.1, -0.05) is 28.1 Å². The molecule has 0 atom stereocenters. The van der Waals surface area contributed by atoms with Gasteiger partial charge in [-0.2, -0.15) is 0 Å². The summed E-state index contributed by atoms with van der Waals surface area (Å²) < 4.78 is 1.02. The van der Waals surface area contributed by atoms with Gasteiger partial charge in [0.25, 0.3) is 0 Å². The highest BCUT2D eigenvalue weighted by molar-refractivity contribution is 9.10. The van der Waals surface area contributed by atoms with Crippen LogP contribution in [0.4, 0.5) is 0 Å². The smallest absolute Gasteiger partial charge is 0.244 e. The fourth-order valence-corrected chi connectivity index (χ4v) is 2.18. The molecule has 2 N–H and O–H groups in total. The Labute approximate surface area is 115 Å². The lowest BCUT2D eigenvalue weighted by atomic mass is 9.82. The van der Waals surface area contributed by atoms with Crippen LogP contribution in [0.5, 0.6) is 0 Å². The topological polar surface area (TPSA) is 49.3 Å².